The standard InChI is InChI=1S/C10H15FN2O3S/c1-2-13(5-6-14)17(15,16)8-3-4-10(12)9(11)7-8/h3-4,7,14H,2,5-6,12H2,1H3. The summed E-state index contributed by atoms with van der Waals surface area (Å²) in [4.78, 5) is -0.167. The minimum absolute atomic E-state index is 0.0230. The quantitative estimate of drug-likeness (QED) is 0.753. The molecule has 0 aromatic heterocycles. The lowest BCUT2D eigenvalue weighted by Gasteiger charge is -2.19. The highest BCUT2D eigenvalue weighted by molar-refractivity contribution is 7.89. The maximum Gasteiger partial charge on any atom is 0.243 e. The van der Waals surface area contributed by atoms with Crippen molar-refractivity contribution in [3.63, 3.8) is 0 Å². The second-order valence-electron chi connectivity index (χ2n) is 3.40. The van der Waals surface area contributed by atoms with Crippen LogP contribution in [-0.2, 0) is 10.0 Å². The Morgan fingerprint density at radius 2 is 2.12 bits per heavy atom. The molecule has 7 heteroatoms. The number of aliphatic hydroxyl groups is 1. The molecule has 0 aliphatic rings. The van der Waals surface area contributed by atoms with Gasteiger partial charge < -0.3 is 10.8 Å². The van der Waals surface area contributed by atoms with Crippen molar-refractivity contribution in [3.8, 4) is 0 Å². The summed E-state index contributed by atoms with van der Waals surface area (Å²) in [5.74, 6) is -0.772. The minimum atomic E-state index is -3.77. The van der Waals surface area contributed by atoms with E-state index in [2.05, 4.69) is 0 Å². The first-order chi connectivity index (χ1) is 7.93. The summed E-state index contributed by atoms with van der Waals surface area (Å²) >= 11 is 0. The molecular formula is C10H15FN2O3S. The lowest BCUT2D eigenvalue weighted by atomic mass is 10.3. The van der Waals surface area contributed by atoms with Gasteiger partial charge in [-0.05, 0) is 18.2 Å². The number of hydrogen-bond donors (Lipinski definition) is 2. The molecule has 3 N–H and O–H groups in total. The summed E-state index contributed by atoms with van der Waals surface area (Å²) in [6.07, 6.45) is 0. The van der Waals surface area contributed by atoms with Gasteiger partial charge in [0.1, 0.15) is 5.82 Å². The Hall–Kier alpha value is -1.18. The van der Waals surface area contributed by atoms with E-state index >= 15 is 0 Å². The minimum Gasteiger partial charge on any atom is -0.396 e. The number of likely N-dealkylation sites (N-methyl/N-ethyl adjacent to an activating group) is 1. The summed E-state index contributed by atoms with van der Waals surface area (Å²) in [6, 6.07) is 3.33. The maximum atomic E-state index is 13.2. The van der Waals surface area contributed by atoms with E-state index in [1.807, 2.05) is 0 Å². The first-order valence-electron chi connectivity index (χ1n) is 5.09. The first kappa shape index (κ1) is 13.9. The number of nitrogen functional groups attached to an aromatic ring is 1. The number of anilines is 1. The van der Waals surface area contributed by atoms with Crippen LogP contribution in [0.5, 0.6) is 0 Å². The number of benzene rings is 1. The number of sulfonamides is 1. The molecule has 5 nitrogen and oxygen atoms in total. The molecule has 0 heterocycles. The van der Waals surface area contributed by atoms with Crippen LogP contribution in [0.2, 0.25) is 0 Å². The van der Waals surface area contributed by atoms with Gasteiger partial charge in [-0.15, -0.1) is 0 Å². The van der Waals surface area contributed by atoms with Gasteiger partial charge in [-0.1, -0.05) is 6.92 Å². The predicted molar refractivity (Wildman–Crippen MR) is 62.3 cm³/mol. The molecule has 0 saturated carbocycles. The monoisotopic (exact) mass is 262 g/mol. The fourth-order valence-electron chi connectivity index (χ4n) is 1.38. The molecular weight excluding hydrogens is 247 g/mol. The number of rotatable bonds is 5. The molecule has 0 radical (unpaired) electrons. The van der Waals surface area contributed by atoms with Gasteiger partial charge in [0.2, 0.25) is 10.0 Å². The topological polar surface area (TPSA) is 83.6 Å². The summed E-state index contributed by atoms with van der Waals surface area (Å²) in [5.41, 5.74) is 5.17. The molecule has 0 fully saturated rings. The number of hydrogen-bond acceptors (Lipinski definition) is 4. The van der Waals surface area contributed by atoms with Crippen molar-refractivity contribution in [2.24, 2.45) is 0 Å². The molecule has 0 aliphatic heterocycles. The van der Waals surface area contributed by atoms with Crippen LogP contribution in [0.25, 0.3) is 0 Å². The molecule has 0 unspecified atom stereocenters. The van der Waals surface area contributed by atoms with E-state index in [9.17, 15) is 12.8 Å². The van der Waals surface area contributed by atoms with E-state index in [4.69, 9.17) is 10.8 Å². The van der Waals surface area contributed by atoms with Gasteiger partial charge in [0.25, 0.3) is 0 Å². The average molecular weight is 262 g/mol. The number of nitrogens with zero attached hydrogens (tertiary/aromatic N) is 1. The zero-order valence-corrected chi connectivity index (χ0v) is 10.2. The lowest BCUT2D eigenvalue weighted by Crippen LogP contribution is -2.33. The van der Waals surface area contributed by atoms with E-state index in [-0.39, 0.29) is 30.3 Å². The van der Waals surface area contributed by atoms with Gasteiger partial charge in [0.15, 0.2) is 0 Å². The van der Waals surface area contributed by atoms with Crippen LogP contribution in [0.1, 0.15) is 6.92 Å². The highest BCUT2D eigenvalue weighted by Crippen LogP contribution is 2.19. The van der Waals surface area contributed by atoms with Gasteiger partial charge >= 0.3 is 0 Å². The molecule has 0 saturated heterocycles. The highest BCUT2D eigenvalue weighted by Gasteiger charge is 2.23. The molecule has 1 rings (SSSR count). The SMILES string of the molecule is CCN(CCO)S(=O)(=O)c1ccc(N)c(F)c1. The Labute approximate surface area is 99.7 Å². The summed E-state index contributed by atoms with van der Waals surface area (Å²) in [7, 11) is -3.77. The number of nitrogens with two attached hydrogens (primary N) is 1. The second-order valence-corrected chi connectivity index (χ2v) is 5.34. The van der Waals surface area contributed by atoms with E-state index in [1.165, 1.54) is 12.1 Å². The predicted octanol–water partition coefficient (Wildman–Crippen LogP) is 0.411. The maximum absolute atomic E-state index is 13.2. The molecule has 1 aromatic carbocycles. The van der Waals surface area contributed by atoms with Crippen LogP contribution in [0.3, 0.4) is 0 Å². The Morgan fingerprint density at radius 3 is 2.59 bits per heavy atom. The zero-order valence-electron chi connectivity index (χ0n) is 9.43. The molecule has 0 amide bonds. The molecule has 0 spiro atoms. The van der Waals surface area contributed by atoms with Crippen LogP contribution in [0.4, 0.5) is 10.1 Å². The van der Waals surface area contributed by atoms with Crippen LogP contribution in [0, 0.1) is 5.82 Å². The number of aliphatic hydroxyl groups excluding tert-OH is 1. The van der Waals surface area contributed by atoms with Gasteiger partial charge in [0.05, 0.1) is 17.2 Å². The first-order valence-corrected chi connectivity index (χ1v) is 6.53. The molecule has 96 valence electrons. The van der Waals surface area contributed by atoms with Crippen molar-refractivity contribution in [3.05, 3.63) is 24.0 Å². The smallest absolute Gasteiger partial charge is 0.243 e. The third kappa shape index (κ3) is 2.93. The molecule has 0 bridgehead atoms. The molecule has 0 atom stereocenters. The third-order valence-electron chi connectivity index (χ3n) is 2.31. The summed E-state index contributed by atoms with van der Waals surface area (Å²) in [5, 5.41) is 8.78. The van der Waals surface area contributed by atoms with Gasteiger partial charge in [0, 0.05) is 13.1 Å². The highest BCUT2D eigenvalue weighted by atomic mass is 32.2. The Balaban J connectivity index is 3.15. The Kier molecular flexibility index (Phi) is 4.44. The Bertz CT molecular complexity index is 490. The lowest BCUT2D eigenvalue weighted by molar-refractivity contribution is 0.257. The van der Waals surface area contributed by atoms with Crippen molar-refractivity contribution in [2.75, 3.05) is 25.4 Å². The summed E-state index contributed by atoms with van der Waals surface area (Å²) < 4.78 is 38.3. The van der Waals surface area contributed by atoms with Crippen molar-refractivity contribution >= 4 is 15.7 Å². The van der Waals surface area contributed by atoms with Crippen LogP contribution < -0.4 is 5.73 Å². The van der Waals surface area contributed by atoms with Gasteiger partial charge in [-0.3, -0.25) is 0 Å². The third-order valence-corrected chi connectivity index (χ3v) is 4.28. The zero-order chi connectivity index (χ0) is 13.1. The normalized spacial score (nSPS) is 12.0. The number of halogens is 1. The molecule has 0 aliphatic carbocycles. The van der Waals surface area contributed by atoms with Gasteiger partial charge in [-0.25, -0.2) is 12.8 Å². The van der Waals surface area contributed by atoms with Crippen LogP contribution in [0.15, 0.2) is 23.1 Å². The van der Waals surface area contributed by atoms with E-state index in [0.717, 1.165) is 10.4 Å². The van der Waals surface area contributed by atoms with E-state index in [0.29, 0.717) is 0 Å². The molecule has 17 heavy (non-hydrogen) atoms. The fraction of sp³-hybridized carbons (Fsp3) is 0.400. The van der Waals surface area contributed by atoms with Gasteiger partial charge in [-0.2, -0.15) is 4.31 Å². The van der Waals surface area contributed by atoms with Crippen LogP contribution >= 0.6 is 0 Å². The van der Waals surface area contributed by atoms with Crippen molar-refractivity contribution < 1.29 is 17.9 Å². The molecule has 1 aromatic rings. The van der Waals surface area contributed by atoms with E-state index in [1.54, 1.807) is 6.92 Å². The van der Waals surface area contributed by atoms with Crippen LogP contribution in [-0.4, -0.2) is 37.5 Å². The Morgan fingerprint density at radius 1 is 1.47 bits per heavy atom. The van der Waals surface area contributed by atoms with Crippen molar-refractivity contribution in [1.82, 2.24) is 4.31 Å². The average Bonchev–Trinajstić information content (AvgIpc) is 2.29. The van der Waals surface area contributed by atoms with Crippen molar-refractivity contribution in [2.45, 2.75) is 11.8 Å². The second kappa shape index (κ2) is 5.44. The van der Waals surface area contributed by atoms with Crippen molar-refractivity contribution in [1.29, 1.82) is 0 Å². The summed E-state index contributed by atoms with van der Waals surface area (Å²) in [6.45, 7) is 1.53. The van der Waals surface area contributed by atoms with E-state index < -0.39 is 15.8 Å². The fourth-order valence-corrected chi connectivity index (χ4v) is 2.83. The largest absolute Gasteiger partial charge is 0.396 e.